The normalized spacial score (nSPS) is 10.4. The molecule has 0 heterocycles. The van der Waals surface area contributed by atoms with Gasteiger partial charge >= 0.3 is 0 Å². The molecule has 0 radical (unpaired) electrons. The van der Waals surface area contributed by atoms with Gasteiger partial charge in [-0.1, -0.05) is 37.3 Å². The molecule has 0 unspecified atom stereocenters. The molecule has 3 heteroatoms. The number of aryl methyl sites for hydroxylation is 2. The van der Waals surface area contributed by atoms with E-state index in [1.54, 1.807) is 4.90 Å². The second kappa shape index (κ2) is 6.44. The van der Waals surface area contributed by atoms with Crippen LogP contribution < -0.4 is 10.6 Å². The molecular formula is C18H22N2O. The number of para-hydroxylation sites is 2. The van der Waals surface area contributed by atoms with Crippen LogP contribution in [0.5, 0.6) is 0 Å². The molecule has 1 amide bonds. The van der Waals surface area contributed by atoms with E-state index in [1.807, 2.05) is 56.3 Å². The van der Waals surface area contributed by atoms with Gasteiger partial charge in [-0.2, -0.15) is 0 Å². The van der Waals surface area contributed by atoms with Gasteiger partial charge in [-0.15, -0.1) is 0 Å². The summed E-state index contributed by atoms with van der Waals surface area (Å²) in [5.41, 5.74) is 10.2. The highest BCUT2D eigenvalue weighted by atomic mass is 16.2. The van der Waals surface area contributed by atoms with E-state index in [1.165, 1.54) is 0 Å². The number of hydrogen-bond donors (Lipinski definition) is 1. The molecule has 0 aliphatic carbocycles. The molecule has 0 spiro atoms. The van der Waals surface area contributed by atoms with Crippen LogP contribution in [0.15, 0.2) is 42.5 Å². The van der Waals surface area contributed by atoms with Crippen LogP contribution in [-0.4, -0.2) is 12.5 Å². The van der Waals surface area contributed by atoms with Crippen molar-refractivity contribution >= 4 is 17.3 Å². The van der Waals surface area contributed by atoms with Crippen LogP contribution in [0.4, 0.5) is 11.4 Å². The predicted octanol–water partition coefficient (Wildman–Crippen LogP) is 3.94. The number of carbonyl (C=O) groups is 1. The van der Waals surface area contributed by atoms with Gasteiger partial charge in [0.25, 0.3) is 5.91 Å². The van der Waals surface area contributed by atoms with Crippen LogP contribution in [0.1, 0.15) is 34.8 Å². The second-order valence-electron chi connectivity index (χ2n) is 5.28. The van der Waals surface area contributed by atoms with E-state index in [-0.39, 0.29) is 5.91 Å². The lowest BCUT2D eigenvalue weighted by molar-refractivity contribution is 0.0986. The molecule has 0 aromatic heterocycles. The molecule has 0 atom stereocenters. The SMILES string of the molecule is CCCN(C(=O)c1c(C)cccc1C)c1ccccc1N. The van der Waals surface area contributed by atoms with Gasteiger partial charge in [0.05, 0.1) is 11.4 Å². The minimum atomic E-state index is 0.0188. The fraction of sp³-hybridized carbons (Fsp3) is 0.278. The van der Waals surface area contributed by atoms with Gasteiger partial charge in [-0.25, -0.2) is 0 Å². The lowest BCUT2D eigenvalue weighted by atomic mass is 10.0. The Morgan fingerprint density at radius 1 is 1.05 bits per heavy atom. The van der Waals surface area contributed by atoms with Crippen molar-refractivity contribution in [1.29, 1.82) is 0 Å². The molecule has 2 aromatic carbocycles. The Labute approximate surface area is 126 Å². The molecular weight excluding hydrogens is 260 g/mol. The number of nitrogen functional groups attached to an aromatic ring is 1. The summed E-state index contributed by atoms with van der Waals surface area (Å²) in [5, 5.41) is 0. The fourth-order valence-electron chi connectivity index (χ4n) is 2.58. The topological polar surface area (TPSA) is 46.3 Å². The monoisotopic (exact) mass is 282 g/mol. The second-order valence-corrected chi connectivity index (χ2v) is 5.28. The van der Waals surface area contributed by atoms with Crippen molar-refractivity contribution in [3.63, 3.8) is 0 Å². The van der Waals surface area contributed by atoms with Crippen molar-refractivity contribution in [2.75, 3.05) is 17.2 Å². The number of amides is 1. The molecule has 0 aliphatic heterocycles. The van der Waals surface area contributed by atoms with Crippen molar-refractivity contribution in [1.82, 2.24) is 0 Å². The van der Waals surface area contributed by atoms with Crippen molar-refractivity contribution < 1.29 is 4.79 Å². The van der Waals surface area contributed by atoms with E-state index in [0.29, 0.717) is 12.2 Å². The van der Waals surface area contributed by atoms with E-state index in [0.717, 1.165) is 28.8 Å². The quantitative estimate of drug-likeness (QED) is 0.863. The van der Waals surface area contributed by atoms with Crippen molar-refractivity contribution in [3.8, 4) is 0 Å². The van der Waals surface area contributed by atoms with E-state index in [9.17, 15) is 4.79 Å². The highest BCUT2D eigenvalue weighted by molar-refractivity contribution is 6.09. The van der Waals surface area contributed by atoms with Crippen LogP contribution in [0.25, 0.3) is 0 Å². The summed E-state index contributed by atoms with van der Waals surface area (Å²) >= 11 is 0. The van der Waals surface area contributed by atoms with Crippen molar-refractivity contribution in [3.05, 3.63) is 59.2 Å². The number of nitrogens with two attached hydrogens (primary N) is 1. The van der Waals surface area contributed by atoms with E-state index in [4.69, 9.17) is 5.73 Å². The van der Waals surface area contributed by atoms with Crippen LogP contribution >= 0.6 is 0 Å². The number of rotatable bonds is 4. The van der Waals surface area contributed by atoms with E-state index < -0.39 is 0 Å². The van der Waals surface area contributed by atoms with Gasteiger partial charge in [0.15, 0.2) is 0 Å². The first-order valence-corrected chi connectivity index (χ1v) is 7.28. The molecule has 21 heavy (non-hydrogen) atoms. The summed E-state index contributed by atoms with van der Waals surface area (Å²) in [5.74, 6) is 0.0188. The molecule has 2 aromatic rings. The van der Waals surface area contributed by atoms with Gasteiger partial charge in [-0.3, -0.25) is 4.79 Å². The summed E-state index contributed by atoms with van der Waals surface area (Å²) < 4.78 is 0. The summed E-state index contributed by atoms with van der Waals surface area (Å²) in [6, 6.07) is 13.4. The van der Waals surface area contributed by atoms with Gasteiger partial charge in [0.2, 0.25) is 0 Å². The van der Waals surface area contributed by atoms with Gasteiger partial charge in [-0.05, 0) is 43.5 Å². The zero-order valence-electron chi connectivity index (χ0n) is 12.9. The van der Waals surface area contributed by atoms with Crippen LogP contribution in [0.2, 0.25) is 0 Å². The van der Waals surface area contributed by atoms with E-state index >= 15 is 0 Å². The average Bonchev–Trinajstić information content (AvgIpc) is 2.45. The Morgan fingerprint density at radius 3 is 2.24 bits per heavy atom. The zero-order chi connectivity index (χ0) is 15.4. The number of nitrogens with zero attached hydrogens (tertiary/aromatic N) is 1. The minimum Gasteiger partial charge on any atom is -0.397 e. The molecule has 3 nitrogen and oxygen atoms in total. The largest absolute Gasteiger partial charge is 0.397 e. The Bertz CT molecular complexity index is 629. The number of anilines is 2. The molecule has 0 bridgehead atoms. The molecule has 110 valence electrons. The maximum Gasteiger partial charge on any atom is 0.258 e. The Hall–Kier alpha value is -2.29. The smallest absolute Gasteiger partial charge is 0.258 e. The van der Waals surface area contributed by atoms with Gasteiger partial charge in [0.1, 0.15) is 0 Å². The maximum atomic E-state index is 13.0. The number of benzene rings is 2. The third kappa shape index (κ3) is 3.07. The zero-order valence-corrected chi connectivity index (χ0v) is 12.9. The summed E-state index contributed by atoms with van der Waals surface area (Å²) in [7, 11) is 0. The highest BCUT2D eigenvalue weighted by Crippen LogP contribution is 2.26. The predicted molar refractivity (Wildman–Crippen MR) is 88.7 cm³/mol. The Kier molecular flexibility index (Phi) is 4.63. The fourth-order valence-corrected chi connectivity index (χ4v) is 2.58. The minimum absolute atomic E-state index is 0.0188. The lowest BCUT2D eigenvalue weighted by Gasteiger charge is -2.25. The third-order valence-corrected chi connectivity index (χ3v) is 3.61. The van der Waals surface area contributed by atoms with Crippen molar-refractivity contribution in [2.24, 2.45) is 0 Å². The molecule has 0 fully saturated rings. The third-order valence-electron chi connectivity index (χ3n) is 3.61. The van der Waals surface area contributed by atoms with Gasteiger partial charge in [0, 0.05) is 12.1 Å². The van der Waals surface area contributed by atoms with Crippen LogP contribution in [0, 0.1) is 13.8 Å². The van der Waals surface area contributed by atoms with Crippen LogP contribution in [0.3, 0.4) is 0 Å². The number of hydrogen-bond acceptors (Lipinski definition) is 2. The first kappa shape index (κ1) is 15.1. The maximum absolute atomic E-state index is 13.0. The molecule has 0 saturated carbocycles. The highest BCUT2D eigenvalue weighted by Gasteiger charge is 2.21. The number of carbonyl (C=O) groups excluding carboxylic acids is 1. The summed E-state index contributed by atoms with van der Waals surface area (Å²) in [4.78, 5) is 14.8. The Balaban J connectivity index is 2.48. The molecule has 0 aliphatic rings. The van der Waals surface area contributed by atoms with Gasteiger partial charge < -0.3 is 10.6 Å². The first-order chi connectivity index (χ1) is 10.1. The average molecular weight is 282 g/mol. The lowest BCUT2D eigenvalue weighted by Crippen LogP contribution is -2.33. The molecule has 0 saturated heterocycles. The molecule has 2 N–H and O–H groups in total. The van der Waals surface area contributed by atoms with E-state index in [2.05, 4.69) is 6.92 Å². The first-order valence-electron chi connectivity index (χ1n) is 7.28. The van der Waals surface area contributed by atoms with Crippen molar-refractivity contribution in [2.45, 2.75) is 27.2 Å². The Morgan fingerprint density at radius 2 is 1.67 bits per heavy atom. The molecule has 2 rings (SSSR count). The summed E-state index contributed by atoms with van der Waals surface area (Å²) in [6.07, 6.45) is 0.880. The summed E-state index contributed by atoms with van der Waals surface area (Å²) in [6.45, 7) is 6.66. The standard InChI is InChI=1S/C18H22N2O/c1-4-12-20(16-11-6-5-10-15(16)19)18(21)17-13(2)8-7-9-14(17)3/h5-11H,4,12,19H2,1-3H3. The van der Waals surface area contributed by atoms with Crippen LogP contribution in [-0.2, 0) is 0 Å².